The predicted octanol–water partition coefficient (Wildman–Crippen LogP) is 4.79. The second-order valence-corrected chi connectivity index (χ2v) is 12.0. The fourth-order valence-electron chi connectivity index (χ4n) is 4.30. The van der Waals surface area contributed by atoms with E-state index in [9.17, 15) is 28.6 Å². The van der Waals surface area contributed by atoms with Gasteiger partial charge in [0.05, 0.1) is 26.6 Å². The number of hydrogen-bond donors (Lipinski definition) is 1. The van der Waals surface area contributed by atoms with Crippen LogP contribution in [0, 0.1) is 20.2 Å². The minimum atomic E-state index is -4.08. The third-order valence-electron chi connectivity index (χ3n) is 6.48. The zero-order valence-electron chi connectivity index (χ0n) is 21.3. The van der Waals surface area contributed by atoms with Gasteiger partial charge in [0, 0.05) is 56.3 Å². The Labute approximate surface area is 229 Å². The van der Waals surface area contributed by atoms with Gasteiger partial charge in [0.15, 0.2) is 5.16 Å². The largest absolute Gasteiger partial charge is 0.329 e. The van der Waals surface area contributed by atoms with Gasteiger partial charge < -0.3 is 4.57 Å². The molecule has 1 aliphatic rings. The van der Waals surface area contributed by atoms with Crippen LogP contribution in [0.5, 0.6) is 0 Å². The maximum absolute atomic E-state index is 13.5. The number of rotatable bonds is 10. The minimum absolute atomic E-state index is 0.0518. The molecule has 13 nitrogen and oxygen atoms in total. The molecule has 1 saturated carbocycles. The van der Waals surface area contributed by atoms with Gasteiger partial charge in [0.25, 0.3) is 11.4 Å². The zero-order chi connectivity index (χ0) is 28.2. The third-order valence-corrected chi connectivity index (χ3v) is 9.57. The molecule has 39 heavy (non-hydrogen) atoms. The van der Waals surface area contributed by atoms with Crippen molar-refractivity contribution in [1.29, 1.82) is 0 Å². The summed E-state index contributed by atoms with van der Waals surface area (Å²) in [7, 11) is -0.808. The number of hydrazone groups is 1. The number of anilines is 1. The van der Waals surface area contributed by atoms with Crippen molar-refractivity contribution >= 4 is 45.1 Å². The fraction of sp³-hybridized carbons (Fsp3) is 0.333. The minimum Gasteiger partial charge on any atom is -0.329 e. The monoisotopic (exact) mass is 573 g/mol. The molecule has 1 aromatic heterocycles. The lowest BCUT2D eigenvalue weighted by Crippen LogP contribution is -2.38. The van der Waals surface area contributed by atoms with Gasteiger partial charge in [-0.15, -0.1) is 0 Å². The highest BCUT2D eigenvalue weighted by atomic mass is 32.2. The van der Waals surface area contributed by atoms with Gasteiger partial charge in [-0.3, -0.25) is 25.7 Å². The van der Waals surface area contributed by atoms with E-state index in [4.69, 9.17) is 0 Å². The smallest absolute Gasteiger partial charge is 0.283 e. The van der Waals surface area contributed by atoms with Crippen molar-refractivity contribution < 1.29 is 18.3 Å². The average Bonchev–Trinajstić information content (AvgIpc) is 3.33. The number of nitro groups is 2. The van der Waals surface area contributed by atoms with Crippen LogP contribution in [0.3, 0.4) is 0 Å². The number of sulfonamides is 1. The number of imidazole rings is 1. The molecule has 1 heterocycles. The van der Waals surface area contributed by atoms with Gasteiger partial charge in [-0.05, 0) is 36.7 Å². The lowest BCUT2D eigenvalue weighted by molar-refractivity contribution is -0.387. The summed E-state index contributed by atoms with van der Waals surface area (Å²) in [4.78, 5) is 26.2. The molecule has 0 unspecified atom stereocenters. The van der Waals surface area contributed by atoms with Crippen LogP contribution >= 0.6 is 11.8 Å². The Morgan fingerprint density at radius 3 is 2.51 bits per heavy atom. The lowest BCUT2D eigenvalue weighted by Gasteiger charge is -2.30. The van der Waals surface area contributed by atoms with Gasteiger partial charge in [-0.2, -0.15) is 9.41 Å². The molecule has 3 aromatic rings. The molecule has 206 valence electrons. The van der Waals surface area contributed by atoms with Crippen molar-refractivity contribution in [2.75, 3.05) is 12.5 Å². The molecule has 0 atom stereocenters. The maximum Gasteiger partial charge on any atom is 0.283 e. The van der Waals surface area contributed by atoms with Gasteiger partial charge in [0.1, 0.15) is 4.90 Å². The summed E-state index contributed by atoms with van der Waals surface area (Å²) in [5, 5.41) is 27.7. The second-order valence-electron chi connectivity index (χ2n) is 9.03. The summed E-state index contributed by atoms with van der Waals surface area (Å²) in [6.07, 6.45) is 8.97. The highest BCUT2D eigenvalue weighted by Crippen LogP contribution is 2.35. The van der Waals surface area contributed by atoms with Crippen LogP contribution in [0.15, 0.2) is 68.8 Å². The van der Waals surface area contributed by atoms with E-state index in [0.717, 1.165) is 49.9 Å². The number of hydrogen-bond acceptors (Lipinski definition) is 10. The Hall–Kier alpha value is -3.82. The molecule has 0 saturated heterocycles. The molecular weight excluding hydrogens is 546 g/mol. The summed E-state index contributed by atoms with van der Waals surface area (Å²) in [6, 6.07) is 7.86. The van der Waals surface area contributed by atoms with E-state index >= 15 is 0 Å². The van der Waals surface area contributed by atoms with Gasteiger partial charge in [-0.1, -0.05) is 25.3 Å². The molecule has 0 spiro atoms. The van der Waals surface area contributed by atoms with Crippen LogP contribution in [-0.4, -0.2) is 51.4 Å². The van der Waals surface area contributed by atoms with Gasteiger partial charge in [0.2, 0.25) is 10.0 Å². The number of benzene rings is 2. The molecule has 0 amide bonds. The Bertz CT molecular complexity index is 1520. The predicted molar refractivity (Wildman–Crippen MR) is 147 cm³/mol. The normalized spacial score (nSPS) is 14.6. The fourth-order valence-corrected chi connectivity index (χ4v) is 6.76. The van der Waals surface area contributed by atoms with Crippen LogP contribution in [0.2, 0.25) is 0 Å². The second kappa shape index (κ2) is 11.9. The lowest BCUT2D eigenvalue weighted by atomic mass is 9.96. The van der Waals surface area contributed by atoms with E-state index in [0.29, 0.717) is 15.6 Å². The number of nitrogens with zero attached hydrogens (tertiary/aromatic N) is 6. The van der Waals surface area contributed by atoms with E-state index in [1.807, 2.05) is 0 Å². The van der Waals surface area contributed by atoms with Crippen LogP contribution in [0.25, 0.3) is 0 Å². The summed E-state index contributed by atoms with van der Waals surface area (Å²) in [5.74, 6) is 0. The van der Waals surface area contributed by atoms with Crippen molar-refractivity contribution in [2.24, 2.45) is 12.1 Å². The number of nitrogens with one attached hydrogen (secondary N) is 1. The van der Waals surface area contributed by atoms with Crippen molar-refractivity contribution in [3.63, 3.8) is 0 Å². The SMILES string of the molecule is CN(C1CCCCC1)S(=O)(=O)c1cc([N+](=O)[O-])ccc1N/N=C\c1ccc(Sc2nccn2C)c([N+](=O)[O-])c1. The zero-order valence-corrected chi connectivity index (χ0v) is 22.9. The molecule has 15 heteroatoms. The molecule has 1 fully saturated rings. The van der Waals surface area contributed by atoms with E-state index < -0.39 is 19.9 Å². The highest BCUT2D eigenvalue weighted by Gasteiger charge is 2.32. The molecular formula is C24H27N7O6S2. The van der Waals surface area contributed by atoms with E-state index in [1.165, 1.54) is 35.8 Å². The molecule has 0 radical (unpaired) electrons. The first-order valence-corrected chi connectivity index (χ1v) is 14.3. The topological polar surface area (TPSA) is 166 Å². The van der Waals surface area contributed by atoms with Crippen LogP contribution < -0.4 is 5.43 Å². The first-order chi connectivity index (χ1) is 18.6. The van der Waals surface area contributed by atoms with Crippen molar-refractivity contribution in [3.05, 3.63) is 74.6 Å². The molecule has 0 aliphatic heterocycles. The summed E-state index contributed by atoms with van der Waals surface area (Å²) in [5.41, 5.74) is 2.59. The molecule has 4 rings (SSSR count). The van der Waals surface area contributed by atoms with Gasteiger partial charge in [-0.25, -0.2) is 13.4 Å². The van der Waals surface area contributed by atoms with E-state index in [1.54, 1.807) is 36.1 Å². The molecule has 0 bridgehead atoms. The van der Waals surface area contributed by atoms with Crippen molar-refractivity contribution in [2.45, 2.75) is 53.1 Å². The van der Waals surface area contributed by atoms with Crippen molar-refractivity contribution in [3.8, 4) is 0 Å². The third kappa shape index (κ3) is 6.43. The first kappa shape index (κ1) is 28.2. The van der Waals surface area contributed by atoms with Crippen LogP contribution in [0.4, 0.5) is 17.1 Å². The Balaban J connectivity index is 1.60. The standard InChI is InChI=1S/C24H27N7O6S2/c1-28-13-12-25-24(28)38-22-11-8-17(14-21(22)31(34)35)16-26-27-20-10-9-19(30(32)33)15-23(20)39(36,37)29(2)18-6-4-3-5-7-18/h8-16,18,27H,3-7H2,1-2H3/b26-16-. The molecule has 2 aromatic carbocycles. The Morgan fingerprint density at radius 1 is 1.13 bits per heavy atom. The van der Waals surface area contributed by atoms with E-state index in [2.05, 4.69) is 15.5 Å². The number of non-ortho nitro benzene ring substituents is 1. The Morgan fingerprint density at radius 2 is 1.87 bits per heavy atom. The average molecular weight is 574 g/mol. The summed E-state index contributed by atoms with van der Waals surface area (Å²) in [6.45, 7) is 0. The quantitative estimate of drug-likeness (QED) is 0.204. The molecule has 1 aliphatic carbocycles. The number of nitro benzene ring substituents is 2. The number of aromatic nitrogens is 2. The first-order valence-electron chi connectivity index (χ1n) is 12.1. The van der Waals surface area contributed by atoms with Crippen molar-refractivity contribution in [1.82, 2.24) is 13.9 Å². The van der Waals surface area contributed by atoms with Crippen LogP contribution in [-0.2, 0) is 17.1 Å². The van der Waals surface area contributed by atoms with E-state index in [-0.39, 0.29) is 28.0 Å². The number of aryl methyl sites for hydroxylation is 1. The highest BCUT2D eigenvalue weighted by molar-refractivity contribution is 7.99. The van der Waals surface area contributed by atoms with Crippen LogP contribution in [0.1, 0.15) is 37.7 Å². The van der Waals surface area contributed by atoms with Gasteiger partial charge >= 0.3 is 0 Å². The Kier molecular flexibility index (Phi) is 8.62. The summed E-state index contributed by atoms with van der Waals surface area (Å²) < 4.78 is 30.0. The summed E-state index contributed by atoms with van der Waals surface area (Å²) >= 11 is 1.15. The maximum atomic E-state index is 13.5. The molecule has 1 N–H and O–H groups in total.